The van der Waals surface area contributed by atoms with Gasteiger partial charge in [-0.2, -0.15) is 8.78 Å². The van der Waals surface area contributed by atoms with E-state index < -0.39 is 11.6 Å². The molecule has 0 aliphatic rings. The minimum absolute atomic E-state index is 0.219. The lowest BCUT2D eigenvalue weighted by Crippen LogP contribution is -1.83. The van der Waals surface area contributed by atoms with Crippen LogP contribution in [0.1, 0.15) is 0 Å². The second kappa shape index (κ2) is 4.18. The highest BCUT2D eigenvalue weighted by molar-refractivity contribution is 9.10. The van der Waals surface area contributed by atoms with Crippen molar-refractivity contribution in [3.8, 4) is 0 Å². The summed E-state index contributed by atoms with van der Waals surface area (Å²) < 4.78 is 36.7. The van der Waals surface area contributed by atoms with Gasteiger partial charge in [-0.25, -0.2) is 4.39 Å². The van der Waals surface area contributed by atoms with E-state index in [2.05, 4.69) is 15.9 Å². The number of benzene rings is 1. The summed E-state index contributed by atoms with van der Waals surface area (Å²) >= 11 is 3.33. The maximum Gasteiger partial charge on any atom is 0.288 e. The lowest BCUT2D eigenvalue weighted by Gasteiger charge is -2.00. The standard InChI is InChI=1S/C7H4BrF3S/c8-4-1-5(9)3-6(2-4)12-7(10)11/h1-3,7H. The molecule has 0 atom stereocenters. The molecule has 0 saturated carbocycles. The van der Waals surface area contributed by atoms with E-state index in [1.54, 1.807) is 0 Å². The molecule has 66 valence electrons. The molecule has 0 aliphatic heterocycles. The SMILES string of the molecule is Fc1cc(Br)cc(SC(F)F)c1. The zero-order valence-corrected chi connectivity index (χ0v) is 8.13. The molecule has 0 aliphatic carbocycles. The van der Waals surface area contributed by atoms with Crippen LogP contribution in [0.5, 0.6) is 0 Å². The second-order valence-corrected chi connectivity index (χ2v) is 3.96. The van der Waals surface area contributed by atoms with Gasteiger partial charge in [0, 0.05) is 9.37 Å². The Kier molecular flexibility index (Phi) is 3.46. The smallest absolute Gasteiger partial charge is 0.207 e. The highest BCUT2D eigenvalue weighted by Gasteiger charge is 2.06. The lowest BCUT2D eigenvalue weighted by atomic mass is 10.3. The number of thioether (sulfide) groups is 1. The van der Waals surface area contributed by atoms with E-state index in [1.807, 2.05) is 0 Å². The van der Waals surface area contributed by atoms with E-state index in [1.165, 1.54) is 12.1 Å². The quantitative estimate of drug-likeness (QED) is 0.724. The molecule has 0 saturated heterocycles. The molecule has 1 aromatic carbocycles. The van der Waals surface area contributed by atoms with Crippen molar-refractivity contribution in [3.63, 3.8) is 0 Å². The van der Waals surface area contributed by atoms with Crippen molar-refractivity contribution in [2.45, 2.75) is 10.7 Å². The van der Waals surface area contributed by atoms with Gasteiger partial charge in [0.1, 0.15) is 5.82 Å². The molecule has 0 amide bonds. The third-order valence-electron chi connectivity index (χ3n) is 1.06. The Morgan fingerprint density at radius 2 is 1.92 bits per heavy atom. The van der Waals surface area contributed by atoms with Crippen LogP contribution in [0.2, 0.25) is 0 Å². The molecule has 1 aromatic rings. The predicted octanol–water partition coefficient (Wildman–Crippen LogP) is 3.90. The summed E-state index contributed by atoms with van der Waals surface area (Å²) in [4.78, 5) is 0.219. The Labute approximate surface area is 80.3 Å². The Bertz CT molecular complexity index is 257. The fraction of sp³-hybridized carbons (Fsp3) is 0.143. The summed E-state index contributed by atoms with van der Waals surface area (Å²) in [7, 11) is 0. The van der Waals surface area contributed by atoms with Gasteiger partial charge in [-0.05, 0) is 18.2 Å². The normalized spacial score (nSPS) is 10.8. The number of halogens is 4. The molecule has 5 heteroatoms. The van der Waals surface area contributed by atoms with Crippen molar-refractivity contribution in [2.24, 2.45) is 0 Å². The van der Waals surface area contributed by atoms with E-state index in [9.17, 15) is 13.2 Å². The first-order chi connectivity index (χ1) is 5.58. The molecule has 0 fully saturated rings. The van der Waals surface area contributed by atoms with Gasteiger partial charge in [0.2, 0.25) is 0 Å². The van der Waals surface area contributed by atoms with Gasteiger partial charge in [-0.15, -0.1) is 0 Å². The van der Waals surface area contributed by atoms with Crippen LogP contribution in [-0.2, 0) is 0 Å². The van der Waals surface area contributed by atoms with E-state index in [0.29, 0.717) is 16.2 Å². The average Bonchev–Trinajstić information content (AvgIpc) is 1.81. The van der Waals surface area contributed by atoms with E-state index >= 15 is 0 Å². The van der Waals surface area contributed by atoms with Crippen LogP contribution in [0.4, 0.5) is 13.2 Å². The summed E-state index contributed by atoms with van der Waals surface area (Å²) in [5.74, 6) is -3.04. The Morgan fingerprint density at radius 1 is 1.25 bits per heavy atom. The van der Waals surface area contributed by atoms with Gasteiger partial charge >= 0.3 is 0 Å². The van der Waals surface area contributed by atoms with Crippen LogP contribution in [0.15, 0.2) is 27.6 Å². The average molecular weight is 257 g/mol. The van der Waals surface area contributed by atoms with Gasteiger partial charge in [0.15, 0.2) is 0 Å². The molecule has 0 aromatic heterocycles. The number of rotatable bonds is 2. The fourth-order valence-corrected chi connectivity index (χ4v) is 1.90. The predicted molar refractivity (Wildman–Crippen MR) is 46.0 cm³/mol. The van der Waals surface area contributed by atoms with Crippen molar-refractivity contribution in [2.75, 3.05) is 0 Å². The van der Waals surface area contributed by atoms with Crippen LogP contribution in [-0.4, -0.2) is 5.76 Å². The molecule has 0 N–H and O–H groups in total. The third kappa shape index (κ3) is 3.06. The molecule has 12 heavy (non-hydrogen) atoms. The topological polar surface area (TPSA) is 0 Å². The summed E-state index contributed by atoms with van der Waals surface area (Å²) in [6.45, 7) is 0. The molecular formula is C7H4BrF3S. The molecule has 0 bridgehead atoms. The first-order valence-corrected chi connectivity index (χ1v) is 4.66. The first kappa shape index (κ1) is 9.92. The van der Waals surface area contributed by atoms with Gasteiger partial charge in [0.25, 0.3) is 5.76 Å². The summed E-state index contributed by atoms with van der Waals surface area (Å²) in [6, 6.07) is 3.73. The third-order valence-corrected chi connectivity index (χ3v) is 2.21. The van der Waals surface area contributed by atoms with Gasteiger partial charge in [-0.3, -0.25) is 0 Å². The maximum absolute atomic E-state index is 12.6. The Morgan fingerprint density at radius 3 is 2.42 bits per heavy atom. The fourth-order valence-electron chi connectivity index (χ4n) is 0.699. The van der Waals surface area contributed by atoms with Crippen LogP contribution in [0.3, 0.4) is 0 Å². The Hall–Kier alpha value is -0.160. The second-order valence-electron chi connectivity index (χ2n) is 1.98. The Balaban J connectivity index is 2.85. The summed E-state index contributed by atoms with van der Waals surface area (Å²) in [5, 5.41) is 0. The molecule has 0 heterocycles. The van der Waals surface area contributed by atoms with Gasteiger partial charge < -0.3 is 0 Å². The van der Waals surface area contributed by atoms with Crippen molar-refractivity contribution in [3.05, 3.63) is 28.5 Å². The number of hydrogen-bond donors (Lipinski definition) is 0. The van der Waals surface area contributed by atoms with E-state index in [4.69, 9.17) is 0 Å². The van der Waals surface area contributed by atoms with Crippen molar-refractivity contribution in [1.29, 1.82) is 0 Å². The zero-order chi connectivity index (χ0) is 9.14. The zero-order valence-electron chi connectivity index (χ0n) is 5.73. The highest BCUT2D eigenvalue weighted by atomic mass is 79.9. The van der Waals surface area contributed by atoms with Crippen LogP contribution in [0.25, 0.3) is 0 Å². The maximum atomic E-state index is 12.6. The molecule has 0 radical (unpaired) electrons. The van der Waals surface area contributed by atoms with Crippen molar-refractivity contribution in [1.82, 2.24) is 0 Å². The first-order valence-electron chi connectivity index (χ1n) is 2.99. The minimum Gasteiger partial charge on any atom is -0.207 e. The van der Waals surface area contributed by atoms with Gasteiger partial charge in [0.05, 0.1) is 0 Å². The molecule has 1 rings (SSSR count). The monoisotopic (exact) mass is 256 g/mol. The van der Waals surface area contributed by atoms with E-state index in [0.717, 1.165) is 6.07 Å². The number of alkyl halides is 2. The van der Waals surface area contributed by atoms with Crippen LogP contribution < -0.4 is 0 Å². The van der Waals surface area contributed by atoms with Crippen molar-refractivity contribution >= 4 is 27.7 Å². The summed E-state index contributed by atoms with van der Waals surface area (Å²) in [6.07, 6.45) is 0. The van der Waals surface area contributed by atoms with E-state index in [-0.39, 0.29) is 4.90 Å². The molecular weight excluding hydrogens is 253 g/mol. The molecule has 0 spiro atoms. The van der Waals surface area contributed by atoms with Crippen LogP contribution >= 0.6 is 27.7 Å². The molecule has 0 unspecified atom stereocenters. The largest absolute Gasteiger partial charge is 0.288 e. The van der Waals surface area contributed by atoms with Crippen molar-refractivity contribution < 1.29 is 13.2 Å². The highest BCUT2D eigenvalue weighted by Crippen LogP contribution is 2.28. The lowest BCUT2D eigenvalue weighted by molar-refractivity contribution is 0.252. The minimum atomic E-state index is -2.52. The molecule has 0 nitrogen and oxygen atoms in total. The van der Waals surface area contributed by atoms with Gasteiger partial charge in [-0.1, -0.05) is 27.7 Å². The summed E-state index contributed by atoms with van der Waals surface area (Å²) in [5.41, 5.74) is 0. The number of hydrogen-bond acceptors (Lipinski definition) is 1. The van der Waals surface area contributed by atoms with Crippen LogP contribution in [0, 0.1) is 5.82 Å².